The molecule has 0 radical (unpaired) electrons. The second-order valence-electron chi connectivity index (χ2n) is 3.94. The first kappa shape index (κ1) is 10.2. The summed E-state index contributed by atoms with van der Waals surface area (Å²) in [4.78, 5) is 2.33. The van der Waals surface area contributed by atoms with Crippen molar-refractivity contribution in [3.05, 3.63) is 35.4 Å². The minimum absolute atomic E-state index is 0.395. The Kier molecular flexibility index (Phi) is 3.00. The molecule has 78 valence electrons. The maximum Gasteiger partial charge on any atom is 0.0991 e. The monoisotopic (exact) mass is 201 g/mol. The van der Waals surface area contributed by atoms with E-state index in [1.807, 2.05) is 18.2 Å². The standard InChI is InChI=1S/C12H15N3/c1-15-6-5-14-9-12(15)11-4-2-3-10(7-11)8-13/h2-4,7,12,14H,5-6,9H2,1H3. The number of benzene rings is 1. The van der Waals surface area contributed by atoms with Gasteiger partial charge in [-0.05, 0) is 24.7 Å². The van der Waals surface area contributed by atoms with E-state index in [4.69, 9.17) is 5.26 Å². The second-order valence-corrected chi connectivity index (χ2v) is 3.94. The lowest BCUT2D eigenvalue weighted by Crippen LogP contribution is -2.43. The van der Waals surface area contributed by atoms with E-state index in [0.29, 0.717) is 6.04 Å². The number of hydrogen-bond donors (Lipinski definition) is 1. The number of likely N-dealkylation sites (N-methyl/N-ethyl adjacent to an activating group) is 1. The van der Waals surface area contributed by atoms with Crippen LogP contribution in [-0.4, -0.2) is 31.6 Å². The minimum atomic E-state index is 0.395. The van der Waals surface area contributed by atoms with Gasteiger partial charge in [0.15, 0.2) is 0 Å². The Balaban J connectivity index is 2.24. The van der Waals surface area contributed by atoms with Crippen LogP contribution in [0, 0.1) is 11.3 Å². The van der Waals surface area contributed by atoms with Crippen LogP contribution in [0.1, 0.15) is 17.2 Å². The van der Waals surface area contributed by atoms with E-state index < -0.39 is 0 Å². The molecular weight excluding hydrogens is 186 g/mol. The molecule has 0 bridgehead atoms. The molecule has 1 atom stereocenters. The first-order valence-corrected chi connectivity index (χ1v) is 5.22. The summed E-state index contributed by atoms with van der Waals surface area (Å²) in [5.74, 6) is 0. The van der Waals surface area contributed by atoms with E-state index in [2.05, 4.69) is 29.4 Å². The van der Waals surface area contributed by atoms with Crippen molar-refractivity contribution >= 4 is 0 Å². The predicted octanol–water partition coefficient (Wildman–Crippen LogP) is 1.13. The SMILES string of the molecule is CN1CCNCC1c1cccc(C#N)c1. The summed E-state index contributed by atoms with van der Waals surface area (Å²) in [5.41, 5.74) is 1.97. The Bertz CT molecular complexity index is 381. The van der Waals surface area contributed by atoms with E-state index in [-0.39, 0.29) is 0 Å². The molecule has 1 aromatic rings. The zero-order valence-corrected chi connectivity index (χ0v) is 8.90. The molecule has 0 amide bonds. The van der Waals surface area contributed by atoms with Crippen molar-refractivity contribution in [2.75, 3.05) is 26.7 Å². The van der Waals surface area contributed by atoms with Gasteiger partial charge in [-0.2, -0.15) is 5.26 Å². The van der Waals surface area contributed by atoms with Crippen molar-refractivity contribution in [3.63, 3.8) is 0 Å². The number of nitrogens with zero attached hydrogens (tertiary/aromatic N) is 2. The minimum Gasteiger partial charge on any atom is -0.314 e. The van der Waals surface area contributed by atoms with Crippen LogP contribution in [0.4, 0.5) is 0 Å². The van der Waals surface area contributed by atoms with Crippen LogP contribution < -0.4 is 5.32 Å². The summed E-state index contributed by atoms with van der Waals surface area (Å²) >= 11 is 0. The van der Waals surface area contributed by atoms with Crippen molar-refractivity contribution in [3.8, 4) is 6.07 Å². The second kappa shape index (κ2) is 4.43. The molecule has 1 saturated heterocycles. The predicted molar refractivity (Wildman–Crippen MR) is 59.4 cm³/mol. The maximum atomic E-state index is 8.85. The number of hydrogen-bond acceptors (Lipinski definition) is 3. The topological polar surface area (TPSA) is 39.1 Å². The van der Waals surface area contributed by atoms with Gasteiger partial charge in [-0.3, -0.25) is 4.90 Å². The van der Waals surface area contributed by atoms with E-state index in [0.717, 1.165) is 25.2 Å². The Morgan fingerprint density at radius 2 is 2.40 bits per heavy atom. The van der Waals surface area contributed by atoms with Gasteiger partial charge in [-0.1, -0.05) is 12.1 Å². The van der Waals surface area contributed by atoms with E-state index in [1.165, 1.54) is 5.56 Å². The molecule has 0 saturated carbocycles. The fraction of sp³-hybridized carbons (Fsp3) is 0.417. The average molecular weight is 201 g/mol. The van der Waals surface area contributed by atoms with Crippen LogP contribution in [0.2, 0.25) is 0 Å². The Morgan fingerprint density at radius 3 is 3.13 bits per heavy atom. The van der Waals surface area contributed by atoms with Gasteiger partial charge >= 0.3 is 0 Å². The molecule has 15 heavy (non-hydrogen) atoms. The third-order valence-electron chi connectivity index (χ3n) is 2.91. The van der Waals surface area contributed by atoms with Crippen LogP contribution in [0.5, 0.6) is 0 Å². The van der Waals surface area contributed by atoms with Crippen molar-refractivity contribution in [1.82, 2.24) is 10.2 Å². The Morgan fingerprint density at radius 1 is 1.53 bits per heavy atom. The highest BCUT2D eigenvalue weighted by molar-refractivity contribution is 5.34. The molecule has 3 heteroatoms. The zero-order valence-electron chi connectivity index (χ0n) is 8.90. The highest BCUT2D eigenvalue weighted by atomic mass is 15.2. The van der Waals surface area contributed by atoms with Crippen molar-refractivity contribution in [2.24, 2.45) is 0 Å². The van der Waals surface area contributed by atoms with Gasteiger partial charge < -0.3 is 5.32 Å². The molecule has 0 aliphatic carbocycles. The number of nitriles is 1. The summed E-state index contributed by atoms with van der Waals surface area (Å²) in [5, 5.41) is 12.2. The van der Waals surface area contributed by atoms with E-state index >= 15 is 0 Å². The van der Waals surface area contributed by atoms with E-state index in [1.54, 1.807) is 0 Å². The van der Waals surface area contributed by atoms with Gasteiger partial charge in [-0.25, -0.2) is 0 Å². The molecule has 1 N–H and O–H groups in total. The van der Waals surface area contributed by atoms with Gasteiger partial charge in [-0.15, -0.1) is 0 Å². The fourth-order valence-electron chi connectivity index (χ4n) is 1.99. The number of piperazine rings is 1. The van der Waals surface area contributed by atoms with Crippen LogP contribution in [0.15, 0.2) is 24.3 Å². The van der Waals surface area contributed by atoms with Crippen LogP contribution >= 0.6 is 0 Å². The highest BCUT2D eigenvalue weighted by Gasteiger charge is 2.20. The lowest BCUT2D eigenvalue weighted by molar-refractivity contribution is 0.202. The zero-order chi connectivity index (χ0) is 10.7. The van der Waals surface area contributed by atoms with Gasteiger partial charge in [0.05, 0.1) is 11.6 Å². The van der Waals surface area contributed by atoms with Crippen molar-refractivity contribution < 1.29 is 0 Å². The summed E-state index contributed by atoms with van der Waals surface area (Å²) in [7, 11) is 2.13. The highest BCUT2D eigenvalue weighted by Crippen LogP contribution is 2.21. The third kappa shape index (κ3) is 2.17. The average Bonchev–Trinajstić information content (AvgIpc) is 2.30. The summed E-state index contributed by atoms with van der Waals surface area (Å²) in [6, 6.07) is 10.5. The molecule has 1 aliphatic heterocycles. The van der Waals surface area contributed by atoms with Crippen LogP contribution in [-0.2, 0) is 0 Å². The van der Waals surface area contributed by atoms with Gasteiger partial charge in [0.25, 0.3) is 0 Å². The first-order valence-electron chi connectivity index (χ1n) is 5.22. The third-order valence-corrected chi connectivity index (χ3v) is 2.91. The fourth-order valence-corrected chi connectivity index (χ4v) is 1.99. The molecule has 1 fully saturated rings. The molecule has 2 rings (SSSR count). The van der Waals surface area contributed by atoms with E-state index in [9.17, 15) is 0 Å². The van der Waals surface area contributed by atoms with Gasteiger partial charge in [0.1, 0.15) is 0 Å². The quantitative estimate of drug-likeness (QED) is 0.740. The van der Waals surface area contributed by atoms with Crippen molar-refractivity contribution in [1.29, 1.82) is 5.26 Å². The molecule has 1 aromatic carbocycles. The summed E-state index contributed by atoms with van der Waals surface area (Å²) < 4.78 is 0. The molecule has 3 nitrogen and oxygen atoms in total. The summed E-state index contributed by atoms with van der Waals surface area (Å²) in [6.07, 6.45) is 0. The molecule has 1 heterocycles. The number of rotatable bonds is 1. The molecule has 1 aliphatic rings. The van der Waals surface area contributed by atoms with Crippen LogP contribution in [0.25, 0.3) is 0 Å². The largest absolute Gasteiger partial charge is 0.314 e. The van der Waals surface area contributed by atoms with Crippen molar-refractivity contribution in [2.45, 2.75) is 6.04 Å². The lowest BCUT2D eigenvalue weighted by atomic mass is 10.0. The lowest BCUT2D eigenvalue weighted by Gasteiger charge is -2.33. The van der Waals surface area contributed by atoms with Gasteiger partial charge in [0.2, 0.25) is 0 Å². The smallest absolute Gasteiger partial charge is 0.0991 e. The molecule has 0 aromatic heterocycles. The first-order chi connectivity index (χ1) is 7.31. The summed E-state index contributed by atoms with van der Waals surface area (Å²) in [6.45, 7) is 3.07. The Hall–Kier alpha value is -1.37. The normalized spacial score (nSPS) is 22.3. The van der Waals surface area contributed by atoms with Crippen LogP contribution in [0.3, 0.4) is 0 Å². The Labute approximate surface area is 90.3 Å². The number of nitrogens with one attached hydrogen (secondary N) is 1. The maximum absolute atomic E-state index is 8.85. The molecular formula is C12H15N3. The molecule has 1 unspecified atom stereocenters. The van der Waals surface area contributed by atoms with Gasteiger partial charge in [0, 0.05) is 25.7 Å². The molecule has 0 spiro atoms.